The zero-order chi connectivity index (χ0) is 14.3. The molecular weight excluding hydrogens is 261 g/mol. The van der Waals surface area contributed by atoms with Crippen molar-refractivity contribution in [2.45, 2.75) is 25.4 Å². The Morgan fingerprint density at radius 1 is 0.950 bits per heavy atom. The molecule has 20 heavy (non-hydrogen) atoms. The number of alkyl halides is 3. The third kappa shape index (κ3) is 2.58. The highest BCUT2D eigenvalue weighted by atomic mass is 19.4. The van der Waals surface area contributed by atoms with Crippen LogP contribution < -0.4 is 0 Å². The first kappa shape index (κ1) is 13.2. The molecule has 1 saturated carbocycles. The van der Waals surface area contributed by atoms with Gasteiger partial charge in [0.2, 0.25) is 0 Å². The van der Waals surface area contributed by atoms with E-state index in [1.165, 1.54) is 24.1 Å². The molecule has 2 atom stereocenters. The second-order valence-electron chi connectivity index (χ2n) is 5.52. The summed E-state index contributed by atoms with van der Waals surface area (Å²) in [5.41, 5.74) is 2.49. The summed E-state index contributed by atoms with van der Waals surface area (Å²) in [6.07, 6.45) is -3.07. The van der Waals surface area contributed by atoms with Gasteiger partial charge in [0, 0.05) is 0 Å². The van der Waals surface area contributed by atoms with E-state index in [1.54, 1.807) is 0 Å². The normalized spacial score (nSPS) is 21.8. The molecule has 0 radical (unpaired) electrons. The predicted molar refractivity (Wildman–Crippen MR) is 73.4 cm³/mol. The molecule has 3 heteroatoms. The van der Waals surface area contributed by atoms with E-state index in [2.05, 4.69) is 19.1 Å². The second-order valence-corrected chi connectivity index (χ2v) is 5.52. The fourth-order valence-corrected chi connectivity index (χ4v) is 2.59. The van der Waals surface area contributed by atoms with Crippen molar-refractivity contribution in [2.75, 3.05) is 0 Å². The van der Waals surface area contributed by atoms with E-state index >= 15 is 0 Å². The first-order valence-electron chi connectivity index (χ1n) is 6.73. The Hall–Kier alpha value is -1.77. The molecule has 0 saturated heterocycles. The summed E-state index contributed by atoms with van der Waals surface area (Å²) in [7, 11) is 0. The van der Waals surface area contributed by atoms with Gasteiger partial charge in [-0.2, -0.15) is 13.2 Å². The summed E-state index contributed by atoms with van der Waals surface area (Å²) in [6.45, 7) is 2.22. The first-order chi connectivity index (χ1) is 9.45. The Labute approximate surface area is 116 Å². The summed E-state index contributed by atoms with van der Waals surface area (Å²) in [5.74, 6) is 1.34. The molecular formula is C17H15F3. The van der Waals surface area contributed by atoms with Crippen LogP contribution in [0.5, 0.6) is 0 Å². The zero-order valence-corrected chi connectivity index (χ0v) is 11.1. The number of benzene rings is 2. The van der Waals surface area contributed by atoms with Crippen molar-refractivity contribution in [1.29, 1.82) is 0 Å². The van der Waals surface area contributed by atoms with E-state index in [1.807, 2.05) is 12.1 Å². The highest BCUT2D eigenvalue weighted by Gasteiger charge is 2.34. The molecule has 1 fully saturated rings. The van der Waals surface area contributed by atoms with Crippen molar-refractivity contribution >= 4 is 0 Å². The van der Waals surface area contributed by atoms with Gasteiger partial charge in [0.25, 0.3) is 0 Å². The molecule has 0 aromatic heterocycles. The van der Waals surface area contributed by atoms with E-state index in [0.29, 0.717) is 5.92 Å². The largest absolute Gasteiger partial charge is 0.416 e. The molecule has 0 aliphatic heterocycles. The van der Waals surface area contributed by atoms with Crippen molar-refractivity contribution in [3.63, 3.8) is 0 Å². The van der Waals surface area contributed by atoms with E-state index in [-0.39, 0.29) is 0 Å². The lowest BCUT2D eigenvalue weighted by Gasteiger charge is -2.09. The van der Waals surface area contributed by atoms with Crippen molar-refractivity contribution in [3.8, 4) is 11.1 Å². The van der Waals surface area contributed by atoms with Crippen LogP contribution >= 0.6 is 0 Å². The zero-order valence-electron chi connectivity index (χ0n) is 11.1. The second kappa shape index (κ2) is 4.65. The lowest BCUT2D eigenvalue weighted by Crippen LogP contribution is -2.03. The van der Waals surface area contributed by atoms with Crippen molar-refractivity contribution in [2.24, 2.45) is 5.92 Å². The van der Waals surface area contributed by atoms with Gasteiger partial charge in [0.05, 0.1) is 5.56 Å². The molecule has 0 spiro atoms. The summed E-state index contributed by atoms with van der Waals surface area (Å²) < 4.78 is 37.6. The predicted octanol–water partition coefficient (Wildman–Crippen LogP) is 5.50. The topological polar surface area (TPSA) is 0 Å². The van der Waals surface area contributed by atoms with Gasteiger partial charge in [-0.05, 0) is 47.1 Å². The van der Waals surface area contributed by atoms with Crippen LogP contribution in [0.15, 0.2) is 48.5 Å². The van der Waals surface area contributed by atoms with E-state index in [4.69, 9.17) is 0 Å². The van der Waals surface area contributed by atoms with Crippen molar-refractivity contribution in [1.82, 2.24) is 0 Å². The molecule has 2 aromatic rings. The van der Waals surface area contributed by atoms with Gasteiger partial charge >= 0.3 is 6.18 Å². The number of rotatable bonds is 2. The smallest absolute Gasteiger partial charge is 0.166 e. The van der Waals surface area contributed by atoms with Crippen LogP contribution in [0.4, 0.5) is 13.2 Å². The van der Waals surface area contributed by atoms with Gasteiger partial charge in [-0.1, -0.05) is 43.3 Å². The summed E-state index contributed by atoms with van der Waals surface area (Å²) in [4.78, 5) is 0. The summed E-state index contributed by atoms with van der Waals surface area (Å²) >= 11 is 0. The highest BCUT2D eigenvalue weighted by molar-refractivity contribution is 5.65. The molecule has 0 heterocycles. The average Bonchev–Trinajstić information content (AvgIpc) is 3.15. The summed E-state index contributed by atoms with van der Waals surface area (Å²) in [5, 5.41) is 0. The number of halogens is 3. The molecule has 0 unspecified atom stereocenters. The highest BCUT2D eigenvalue weighted by Crippen LogP contribution is 2.47. The molecule has 0 N–H and O–H groups in total. The van der Waals surface area contributed by atoms with Crippen molar-refractivity contribution in [3.05, 3.63) is 59.7 Å². The molecule has 2 aromatic carbocycles. The molecule has 0 amide bonds. The lowest BCUT2D eigenvalue weighted by molar-refractivity contribution is -0.137. The third-order valence-electron chi connectivity index (χ3n) is 3.97. The van der Waals surface area contributed by atoms with Crippen LogP contribution in [0.25, 0.3) is 11.1 Å². The van der Waals surface area contributed by atoms with Gasteiger partial charge in [-0.15, -0.1) is 0 Å². The maximum absolute atomic E-state index is 12.5. The Morgan fingerprint density at radius 3 is 2.15 bits per heavy atom. The Kier molecular flexibility index (Phi) is 3.08. The van der Waals surface area contributed by atoms with Crippen LogP contribution in [0, 0.1) is 5.92 Å². The quantitative estimate of drug-likeness (QED) is 0.679. The Bertz CT molecular complexity index is 611. The molecule has 1 aliphatic rings. The number of hydrogen-bond acceptors (Lipinski definition) is 0. The van der Waals surface area contributed by atoms with Gasteiger partial charge in [-0.25, -0.2) is 0 Å². The molecule has 104 valence electrons. The third-order valence-corrected chi connectivity index (χ3v) is 3.97. The molecule has 0 bridgehead atoms. The fraction of sp³-hybridized carbons (Fsp3) is 0.294. The van der Waals surface area contributed by atoms with E-state index in [0.717, 1.165) is 29.2 Å². The van der Waals surface area contributed by atoms with Crippen LogP contribution in [-0.2, 0) is 6.18 Å². The van der Waals surface area contributed by atoms with Gasteiger partial charge in [0.15, 0.2) is 0 Å². The molecule has 1 aliphatic carbocycles. The minimum atomic E-state index is -4.27. The van der Waals surface area contributed by atoms with E-state index in [9.17, 15) is 13.2 Å². The number of hydrogen-bond donors (Lipinski definition) is 0. The monoisotopic (exact) mass is 276 g/mol. The SMILES string of the molecule is C[C@@H]1C[C@H]1c1cccc(-c2ccc(C(F)(F)F)cc2)c1. The molecule has 0 nitrogen and oxygen atoms in total. The van der Waals surface area contributed by atoms with Crippen LogP contribution in [0.1, 0.15) is 30.4 Å². The maximum Gasteiger partial charge on any atom is 0.416 e. The van der Waals surface area contributed by atoms with Gasteiger partial charge < -0.3 is 0 Å². The van der Waals surface area contributed by atoms with Crippen LogP contribution in [0.3, 0.4) is 0 Å². The minimum Gasteiger partial charge on any atom is -0.166 e. The average molecular weight is 276 g/mol. The standard InChI is InChI=1S/C17H15F3/c1-11-9-16(11)14-4-2-3-13(10-14)12-5-7-15(8-6-12)17(18,19)20/h2-8,10-11,16H,9H2,1H3/t11-,16-/m1/s1. The minimum absolute atomic E-state index is 0.604. The first-order valence-corrected chi connectivity index (χ1v) is 6.73. The van der Waals surface area contributed by atoms with Gasteiger partial charge in [-0.3, -0.25) is 0 Å². The van der Waals surface area contributed by atoms with Crippen LogP contribution in [0.2, 0.25) is 0 Å². The van der Waals surface area contributed by atoms with Crippen molar-refractivity contribution < 1.29 is 13.2 Å². The van der Waals surface area contributed by atoms with Crippen LogP contribution in [-0.4, -0.2) is 0 Å². The maximum atomic E-state index is 12.5. The fourth-order valence-electron chi connectivity index (χ4n) is 2.59. The van der Waals surface area contributed by atoms with Gasteiger partial charge in [0.1, 0.15) is 0 Å². The van der Waals surface area contributed by atoms with E-state index < -0.39 is 11.7 Å². The summed E-state index contributed by atoms with van der Waals surface area (Å²) in [6, 6.07) is 13.5. The Balaban J connectivity index is 1.89. The Morgan fingerprint density at radius 2 is 1.60 bits per heavy atom. The molecule has 3 rings (SSSR count). The lowest BCUT2D eigenvalue weighted by atomic mass is 9.99.